The molecule has 0 radical (unpaired) electrons. The molecule has 2 aliphatic heterocycles. The highest BCUT2D eigenvalue weighted by molar-refractivity contribution is 5.95. The Morgan fingerprint density at radius 1 is 1.26 bits per heavy atom. The Balaban J connectivity index is 0.00000192. The zero-order chi connectivity index (χ0) is 15.5. The highest BCUT2D eigenvalue weighted by atomic mass is 35.5. The number of benzene rings is 1. The van der Waals surface area contributed by atoms with Gasteiger partial charge in [-0.1, -0.05) is 6.07 Å². The van der Waals surface area contributed by atoms with Gasteiger partial charge in [-0.2, -0.15) is 0 Å². The topological polar surface area (TPSA) is 78.7 Å². The number of halogens is 1. The number of non-ortho nitro benzene ring substituents is 1. The maximum absolute atomic E-state index is 12.5. The summed E-state index contributed by atoms with van der Waals surface area (Å²) < 4.78 is 0. The lowest BCUT2D eigenvalue weighted by Crippen LogP contribution is -2.49. The van der Waals surface area contributed by atoms with E-state index in [1.54, 1.807) is 12.1 Å². The van der Waals surface area contributed by atoms with Gasteiger partial charge in [-0.25, -0.2) is 0 Å². The maximum Gasteiger partial charge on any atom is 0.270 e. The van der Waals surface area contributed by atoms with Crippen molar-refractivity contribution in [1.29, 1.82) is 0 Å². The quantitative estimate of drug-likeness (QED) is 0.659. The van der Waals surface area contributed by atoms with Crippen molar-refractivity contribution >= 4 is 24.0 Å². The Hall–Kier alpha value is -1.70. The Labute approximate surface area is 141 Å². The summed E-state index contributed by atoms with van der Waals surface area (Å²) in [6.45, 7) is 5.45. The molecule has 1 atom stereocenters. The molecule has 1 N–H and O–H groups in total. The van der Waals surface area contributed by atoms with Crippen molar-refractivity contribution in [3.8, 4) is 0 Å². The lowest BCUT2D eigenvalue weighted by Gasteiger charge is -2.32. The van der Waals surface area contributed by atoms with E-state index in [0.717, 1.165) is 39.1 Å². The van der Waals surface area contributed by atoms with Gasteiger partial charge in [0.25, 0.3) is 11.6 Å². The van der Waals surface area contributed by atoms with Crippen molar-refractivity contribution in [3.63, 3.8) is 0 Å². The molecule has 1 aromatic carbocycles. The van der Waals surface area contributed by atoms with Crippen molar-refractivity contribution in [2.45, 2.75) is 12.5 Å². The van der Waals surface area contributed by atoms with Gasteiger partial charge in [-0.05, 0) is 12.5 Å². The number of amides is 1. The molecule has 0 aliphatic carbocycles. The predicted molar refractivity (Wildman–Crippen MR) is 89.1 cm³/mol. The van der Waals surface area contributed by atoms with Crippen molar-refractivity contribution in [3.05, 3.63) is 39.9 Å². The second kappa shape index (κ2) is 7.72. The minimum absolute atomic E-state index is 0. The van der Waals surface area contributed by atoms with Crippen molar-refractivity contribution in [2.24, 2.45) is 0 Å². The van der Waals surface area contributed by atoms with Crippen LogP contribution in [0.5, 0.6) is 0 Å². The molecule has 0 spiro atoms. The predicted octanol–water partition coefficient (Wildman–Crippen LogP) is 1.14. The number of nitrogens with one attached hydrogen (secondary N) is 1. The standard InChI is InChI=1S/C15H20N4O3.ClH/c20-15(12-2-1-3-13(10-12)19(21)22)18-7-4-14(11-18)17-8-5-16-6-9-17;/h1-3,10,14,16H,4-9,11H2;1H. The Morgan fingerprint density at radius 2 is 2.00 bits per heavy atom. The summed E-state index contributed by atoms with van der Waals surface area (Å²) in [4.78, 5) is 27.1. The second-order valence-corrected chi connectivity index (χ2v) is 5.79. The number of hydrogen-bond acceptors (Lipinski definition) is 5. The smallest absolute Gasteiger partial charge is 0.270 e. The molecular formula is C15H21ClN4O3. The molecule has 126 valence electrons. The molecular weight excluding hydrogens is 320 g/mol. The van der Waals surface area contributed by atoms with E-state index in [1.807, 2.05) is 4.90 Å². The van der Waals surface area contributed by atoms with Gasteiger partial charge in [-0.3, -0.25) is 19.8 Å². The van der Waals surface area contributed by atoms with Crippen LogP contribution in [0.2, 0.25) is 0 Å². The molecule has 0 bridgehead atoms. The SMILES string of the molecule is Cl.O=C(c1cccc([N+](=O)[O-])c1)N1CCC(N2CCNCC2)C1. The number of rotatable bonds is 3. The van der Waals surface area contributed by atoms with Crippen LogP contribution in [0.25, 0.3) is 0 Å². The molecule has 2 saturated heterocycles. The van der Waals surface area contributed by atoms with Crippen LogP contribution in [0.4, 0.5) is 5.69 Å². The van der Waals surface area contributed by atoms with Crippen molar-refractivity contribution in [1.82, 2.24) is 15.1 Å². The number of piperazine rings is 1. The van der Waals surface area contributed by atoms with Gasteiger partial charge in [-0.15, -0.1) is 12.4 Å². The zero-order valence-electron chi connectivity index (χ0n) is 12.8. The third-order valence-electron chi connectivity index (χ3n) is 4.42. The molecule has 1 unspecified atom stereocenters. The second-order valence-electron chi connectivity index (χ2n) is 5.79. The van der Waals surface area contributed by atoms with E-state index in [1.165, 1.54) is 12.1 Å². The third-order valence-corrected chi connectivity index (χ3v) is 4.42. The fourth-order valence-corrected chi connectivity index (χ4v) is 3.21. The highest BCUT2D eigenvalue weighted by Gasteiger charge is 2.31. The van der Waals surface area contributed by atoms with Crippen LogP contribution in [0.3, 0.4) is 0 Å². The van der Waals surface area contributed by atoms with Crippen LogP contribution in [0.1, 0.15) is 16.8 Å². The minimum Gasteiger partial charge on any atom is -0.337 e. The van der Waals surface area contributed by atoms with Crippen LogP contribution in [-0.2, 0) is 0 Å². The number of likely N-dealkylation sites (tertiary alicyclic amines) is 1. The van der Waals surface area contributed by atoms with E-state index in [2.05, 4.69) is 10.2 Å². The summed E-state index contributed by atoms with van der Waals surface area (Å²) in [5.74, 6) is -0.110. The summed E-state index contributed by atoms with van der Waals surface area (Å²) in [5.41, 5.74) is 0.360. The first-order valence-electron chi connectivity index (χ1n) is 7.63. The molecule has 7 nitrogen and oxygen atoms in total. The van der Waals surface area contributed by atoms with E-state index in [9.17, 15) is 14.9 Å². The Kier molecular flexibility index (Phi) is 5.92. The Morgan fingerprint density at radius 3 is 2.70 bits per heavy atom. The van der Waals surface area contributed by atoms with Crippen LogP contribution >= 0.6 is 12.4 Å². The summed E-state index contributed by atoms with van der Waals surface area (Å²) >= 11 is 0. The van der Waals surface area contributed by atoms with Gasteiger partial charge >= 0.3 is 0 Å². The third kappa shape index (κ3) is 3.99. The van der Waals surface area contributed by atoms with Crippen LogP contribution in [0, 0.1) is 10.1 Å². The first-order valence-corrected chi connectivity index (χ1v) is 7.63. The maximum atomic E-state index is 12.5. The van der Waals surface area contributed by atoms with Crippen molar-refractivity contribution < 1.29 is 9.72 Å². The molecule has 3 rings (SSSR count). The fraction of sp³-hybridized carbons (Fsp3) is 0.533. The van der Waals surface area contributed by atoms with E-state index < -0.39 is 4.92 Å². The molecule has 2 aliphatic rings. The lowest BCUT2D eigenvalue weighted by molar-refractivity contribution is -0.384. The number of hydrogen-bond donors (Lipinski definition) is 1. The van der Waals surface area contributed by atoms with Gasteiger partial charge in [0.15, 0.2) is 0 Å². The summed E-state index contributed by atoms with van der Waals surface area (Å²) in [7, 11) is 0. The van der Waals surface area contributed by atoms with E-state index in [-0.39, 0.29) is 24.0 Å². The summed E-state index contributed by atoms with van der Waals surface area (Å²) in [6, 6.07) is 6.39. The van der Waals surface area contributed by atoms with Crippen LogP contribution in [-0.4, -0.2) is 65.9 Å². The summed E-state index contributed by atoms with van der Waals surface area (Å²) in [6.07, 6.45) is 0.973. The number of nitro groups is 1. The first-order chi connectivity index (χ1) is 10.6. The number of carbonyl (C=O) groups is 1. The van der Waals surface area contributed by atoms with Gasteiger partial charge in [0.2, 0.25) is 0 Å². The van der Waals surface area contributed by atoms with Crippen LogP contribution in [0.15, 0.2) is 24.3 Å². The Bertz CT molecular complexity index is 578. The molecule has 8 heteroatoms. The van der Waals surface area contributed by atoms with Gasteiger partial charge in [0, 0.05) is 63.0 Å². The molecule has 1 amide bonds. The first kappa shape index (κ1) is 17.7. The van der Waals surface area contributed by atoms with Gasteiger partial charge in [0.05, 0.1) is 4.92 Å². The molecule has 23 heavy (non-hydrogen) atoms. The number of carbonyl (C=O) groups excluding carboxylic acids is 1. The van der Waals surface area contributed by atoms with E-state index >= 15 is 0 Å². The zero-order valence-corrected chi connectivity index (χ0v) is 13.6. The van der Waals surface area contributed by atoms with E-state index in [0.29, 0.717) is 18.2 Å². The molecule has 0 aromatic heterocycles. The van der Waals surface area contributed by atoms with Crippen LogP contribution < -0.4 is 5.32 Å². The molecule has 0 saturated carbocycles. The van der Waals surface area contributed by atoms with Crippen molar-refractivity contribution in [2.75, 3.05) is 39.3 Å². The average molecular weight is 341 g/mol. The van der Waals surface area contributed by atoms with E-state index in [4.69, 9.17) is 0 Å². The monoisotopic (exact) mass is 340 g/mol. The number of nitro benzene ring substituents is 1. The highest BCUT2D eigenvalue weighted by Crippen LogP contribution is 2.20. The fourth-order valence-electron chi connectivity index (χ4n) is 3.21. The molecule has 2 heterocycles. The summed E-state index contributed by atoms with van der Waals surface area (Å²) in [5, 5.41) is 14.2. The average Bonchev–Trinajstić information content (AvgIpc) is 3.05. The molecule has 2 fully saturated rings. The normalized spacial score (nSPS) is 21.7. The molecule has 1 aromatic rings. The lowest BCUT2D eigenvalue weighted by atomic mass is 10.2. The van der Waals surface area contributed by atoms with Gasteiger partial charge in [0.1, 0.15) is 0 Å². The number of nitrogens with zero attached hydrogens (tertiary/aromatic N) is 3. The van der Waals surface area contributed by atoms with Gasteiger partial charge < -0.3 is 10.2 Å². The largest absolute Gasteiger partial charge is 0.337 e. The minimum atomic E-state index is -0.468.